The van der Waals surface area contributed by atoms with Crippen LogP contribution in [0.25, 0.3) is 11.0 Å². The van der Waals surface area contributed by atoms with Gasteiger partial charge in [-0.1, -0.05) is 0 Å². The van der Waals surface area contributed by atoms with Gasteiger partial charge in [-0.15, -0.1) is 0 Å². The molecule has 0 atom stereocenters. The van der Waals surface area contributed by atoms with E-state index in [-0.39, 0.29) is 16.5 Å². The lowest BCUT2D eigenvalue weighted by Crippen LogP contribution is -2.25. The number of nitrogens with zero attached hydrogens (tertiary/aromatic N) is 1. The SMILES string of the molecule is CC(C)Oc1ccc(S(=O)(=O)n2c(=O)[nH]c3ccc(N)cc32)cc1. The average molecular weight is 347 g/mol. The molecule has 1 heterocycles. The lowest BCUT2D eigenvalue weighted by Gasteiger charge is -2.10. The Morgan fingerprint density at radius 1 is 1.12 bits per heavy atom. The molecule has 0 amide bonds. The van der Waals surface area contributed by atoms with Gasteiger partial charge < -0.3 is 15.5 Å². The van der Waals surface area contributed by atoms with Gasteiger partial charge in [0.25, 0.3) is 10.0 Å². The fourth-order valence-electron chi connectivity index (χ4n) is 2.40. The van der Waals surface area contributed by atoms with Crippen molar-refractivity contribution >= 4 is 26.7 Å². The lowest BCUT2D eigenvalue weighted by molar-refractivity contribution is 0.242. The molecule has 24 heavy (non-hydrogen) atoms. The molecule has 1 aromatic heterocycles. The summed E-state index contributed by atoms with van der Waals surface area (Å²) >= 11 is 0. The molecule has 0 aliphatic carbocycles. The summed E-state index contributed by atoms with van der Waals surface area (Å²) in [6.07, 6.45) is -0.0216. The van der Waals surface area contributed by atoms with Crippen molar-refractivity contribution < 1.29 is 13.2 Å². The Morgan fingerprint density at radius 3 is 2.42 bits per heavy atom. The number of aromatic amines is 1. The first-order valence-electron chi connectivity index (χ1n) is 7.31. The average Bonchev–Trinajstić information content (AvgIpc) is 2.83. The minimum Gasteiger partial charge on any atom is -0.491 e. The Morgan fingerprint density at radius 2 is 1.79 bits per heavy atom. The van der Waals surface area contributed by atoms with Crippen LogP contribution in [0.4, 0.5) is 5.69 Å². The van der Waals surface area contributed by atoms with E-state index in [1.165, 1.54) is 18.2 Å². The summed E-state index contributed by atoms with van der Waals surface area (Å²) in [4.78, 5) is 14.7. The molecule has 0 saturated carbocycles. The molecule has 0 fully saturated rings. The van der Waals surface area contributed by atoms with Crippen LogP contribution in [0, 0.1) is 0 Å². The van der Waals surface area contributed by atoms with E-state index in [9.17, 15) is 13.2 Å². The smallest absolute Gasteiger partial charge is 0.340 e. The third kappa shape index (κ3) is 2.76. The molecule has 3 rings (SSSR count). The molecule has 0 unspecified atom stereocenters. The van der Waals surface area contributed by atoms with E-state index in [0.717, 1.165) is 3.97 Å². The number of anilines is 1. The maximum Gasteiger partial charge on any atom is 0.340 e. The first kappa shape index (κ1) is 16.1. The summed E-state index contributed by atoms with van der Waals surface area (Å²) in [6.45, 7) is 3.75. The molecule has 7 nitrogen and oxygen atoms in total. The quantitative estimate of drug-likeness (QED) is 0.701. The number of fused-ring (bicyclic) bond motifs is 1. The molecule has 0 spiro atoms. The number of nitrogen functional groups attached to an aromatic ring is 1. The Labute approximate surface area is 138 Å². The van der Waals surface area contributed by atoms with Crippen molar-refractivity contribution in [2.24, 2.45) is 0 Å². The highest BCUT2D eigenvalue weighted by Crippen LogP contribution is 2.22. The third-order valence-corrected chi connectivity index (χ3v) is 5.11. The summed E-state index contributed by atoms with van der Waals surface area (Å²) in [6, 6.07) is 10.5. The van der Waals surface area contributed by atoms with Crippen molar-refractivity contribution in [2.75, 3.05) is 5.73 Å². The van der Waals surface area contributed by atoms with Gasteiger partial charge in [0.2, 0.25) is 0 Å². The maximum atomic E-state index is 12.8. The number of H-pyrrole nitrogens is 1. The normalized spacial score (nSPS) is 12.0. The standard InChI is InChI=1S/C16H17N3O4S/c1-10(2)23-12-4-6-13(7-5-12)24(21,22)19-15-9-11(17)3-8-14(15)18-16(19)20/h3-10H,17H2,1-2H3,(H,18,20). The zero-order valence-electron chi connectivity index (χ0n) is 13.2. The molecule has 0 bridgehead atoms. The van der Waals surface area contributed by atoms with Gasteiger partial charge in [0.05, 0.1) is 22.0 Å². The summed E-state index contributed by atoms with van der Waals surface area (Å²) in [5, 5.41) is 0. The van der Waals surface area contributed by atoms with E-state index in [1.807, 2.05) is 13.8 Å². The Hall–Kier alpha value is -2.74. The molecule has 126 valence electrons. The summed E-state index contributed by atoms with van der Waals surface area (Å²) in [5.41, 5.74) is 5.95. The van der Waals surface area contributed by atoms with Crippen LogP contribution in [-0.2, 0) is 10.0 Å². The number of nitrogens with two attached hydrogens (primary N) is 1. The highest BCUT2D eigenvalue weighted by molar-refractivity contribution is 7.90. The van der Waals surface area contributed by atoms with Crippen molar-refractivity contribution in [3.63, 3.8) is 0 Å². The van der Waals surface area contributed by atoms with Gasteiger partial charge in [-0.2, -0.15) is 3.97 Å². The Kier molecular flexibility index (Phi) is 3.84. The van der Waals surface area contributed by atoms with Crippen molar-refractivity contribution in [2.45, 2.75) is 24.8 Å². The maximum absolute atomic E-state index is 12.8. The molecular formula is C16H17N3O4S. The van der Waals surface area contributed by atoms with Crippen LogP contribution in [0.1, 0.15) is 13.8 Å². The molecule has 0 aliphatic heterocycles. The molecule has 3 N–H and O–H groups in total. The molecule has 8 heteroatoms. The van der Waals surface area contributed by atoms with Crippen LogP contribution in [0.3, 0.4) is 0 Å². The van der Waals surface area contributed by atoms with Gasteiger partial charge in [-0.05, 0) is 56.3 Å². The summed E-state index contributed by atoms with van der Waals surface area (Å²) in [5.74, 6) is 0.555. The fraction of sp³-hybridized carbons (Fsp3) is 0.188. The zero-order chi connectivity index (χ0) is 17.5. The predicted octanol–water partition coefficient (Wildman–Crippen LogP) is 1.94. The minimum atomic E-state index is -4.05. The van der Waals surface area contributed by atoms with E-state index >= 15 is 0 Å². The van der Waals surface area contributed by atoms with Crippen molar-refractivity contribution in [3.05, 3.63) is 52.9 Å². The topological polar surface area (TPSA) is 107 Å². The molecule has 0 aliphatic rings. The molecule has 0 saturated heterocycles. The van der Waals surface area contributed by atoms with Crippen LogP contribution in [0.5, 0.6) is 5.75 Å². The Balaban J connectivity index is 2.13. The fourth-order valence-corrected chi connectivity index (χ4v) is 3.77. The number of benzene rings is 2. The molecule has 0 radical (unpaired) electrons. The number of imidazole rings is 1. The molecular weight excluding hydrogens is 330 g/mol. The largest absolute Gasteiger partial charge is 0.491 e. The number of ether oxygens (including phenoxy) is 1. The summed E-state index contributed by atoms with van der Waals surface area (Å²) < 4.78 is 31.9. The predicted molar refractivity (Wildman–Crippen MR) is 91.8 cm³/mol. The number of aromatic nitrogens is 2. The lowest BCUT2D eigenvalue weighted by atomic mass is 10.3. The van der Waals surface area contributed by atoms with Crippen LogP contribution >= 0.6 is 0 Å². The second-order valence-corrected chi connectivity index (χ2v) is 7.40. The minimum absolute atomic E-state index is 0.0102. The van der Waals surface area contributed by atoms with E-state index in [1.54, 1.807) is 24.3 Å². The second kappa shape index (κ2) is 5.72. The van der Waals surface area contributed by atoms with Gasteiger partial charge in [0.1, 0.15) is 5.75 Å². The van der Waals surface area contributed by atoms with Gasteiger partial charge in [0.15, 0.2) is 0 Å². The first-order chi connectivity index (χ1) is 11.3. The third-order valence-electron chi connectivity index (χ3n) is 3.40. The highest BCUT2D eigenvalue weighted by atomic mass is 32.2. The van der Waals surface area contributed by atoms with Gasteiger partial charge in [-0.3, -0.25) is 0 Å². The Bertz CT molecular complexity index is 1050. The van der Waals surface area contributed by atoms with Crippen LogP contribution in [0.2, 0.25) is 0 Å². The van der Waals surface area contributed by atoms with E-state index < -0.39 is 15.7 Å². The van der Waals surface area contributed by atoms with Gasteiger partial charge >= 0.3 is 5.69 Å². The van der Waals surface area contributed by atoms with Crippen LogP contribution in [-0.4, -0.2) is 23.5 Å². The van der Waals surface area contributed by atoms with E-state index in [0.29, 0.717) is 17.0 Å². The second-order valence-electron chi connectivity index (χ2n) is 5.61. The van der Waals surface area contributed by atoms with Crippen LogP contribution in [0.15, 0.2) is 52.2 Å². The monoisotopic (exact) mass is 347 g/mol. The number of hydrogen-bond donors (Lipinski definition) is 2. The highest BCUT2D eigenvalue weighted by Gasteiger charge is 2.22. The van der Waals surface area contributed by atoms with Crippen molar-refractivity contribution in [1.82, 2.24) is 8.96 Å². The molecule has 3 aromatic rings. The van der Waals surface area contributed by atoms with Gasteiger partial charge in [-0.25, -0.2) is 13.2 Å². The zero-order valence-corrected chi connectivity index (χ0v) is 14.0. The number of rotatable bonds is 4. The number of nitrogens with one attached hydrogen (secondary N) is 1. The number of hydrogen-bond acceptors (Lipinski definition) is 5. The van der Waals surface area contributed by atoms with Crippen molar-refractivity contribution in [1.29, 1.82) is 0 Å². The van der Waals surface area contributed by atoms with E-state index in [4.69, 9.17) is 10.5 Å². The first-order valence-corrected chi connectivity index (χ1v) is 8.75. The summed E-state index contributed by atoms with van der Waals surface area (Å²) in [7, 11) is -4.05. The van der Waals surface area contributed by atoms with Crippen LogP contribution < -0.4 is 16.2 Å². The molecule has 2 aromatic carbocycles. The van der Waals surface area contributed by atoms with Gasteiger partial charge in [0, 0.05) is 5.69 Å². The van der Waals surface area contributed by atoms with E-state index in [2.05, 4.69) is 4.98 Å². The van der Waals surface area contributed by atoms with Crippen molar-refractivity contribution in [3.8, 4) is 5.75 Å².